The Kier molecular flexibility index (Phi) is 6.82. The van der Waals surface area contributed by atoms with Crippen molar-refractivity contribution in [3.8, 4) is 0 Å². The standard InChI is InChI=1S/C23H26ClF3N6O/c1-14-17(16(3)33-22(28-14)29-21(30-33)23(25,26)27)8-9-20(34)32-12-10-31(11-13-32)15(2)18-6-4-5-7-19(18)24/h4-7,15H,8-13H2,1-3H3. The molecule has 0 N–H and O–H groups in total. The number of hydrogen-bond acceptors (Lipinski definition) is 5. The largest absolute Gasteiger partial charge is 0.453 e. The fourth-order valence-electron chi connectivity index (χ4n) is 4.45. The highest BCUT2D eigenvalue weighted by atomic mass is 35.5. The quantitative estimate of drug-likeness (QED) is 0.530. The third kappa shape index (κ3) is 4.88. The van der Waals surface area contributed by atoms with Crippen molar-refractivity contribution in [1.29, 1.82) is 0 Å². The second kappa shape index (κ2) is 9.50. The minimum Gasteiger partial charge on any atom is -0.340 e. The molecule has 0 saturated carbocycles. The van der Waals surface area contributed by atoms with Crippen molar-refractivity contribution >= 4 is 23.3 Å². The number of aromatic nitrogens is 4. The lowest BCUT2D eigenvalue weighted by Gasteiger charge is -2.38. The number of benzene rings is 1. The molecule has 11 heteroatoms. The van der Waals surface area contributed by atoms with E-state index >= 15 is 0 Å². The lowest BCUT2D eigenvalue weighted by atomic mass is 10.0. The summed E-state index contributed by atoms with van der Waals surface area (Å²) in [5, 5.41) is 4.30. The second-order valence-corrected chi connectivity index (χ2v) is 8.93. The fraction of sp³-hybridized carbons (Fsp3) is 0.478. The highest BCUT2D eigenvalue weighted by Crippen LogP contribution is 2.29. The number of rotatable bonds is 5. The fourth-order valence-corrected chi connectivity index (χ4v) is 4.74. The first-order valence-electron chi connectivity index (χ1n) is 11.1. The molecule has 1 aromatic carbocycles. The van der Waals surface area contributed by atoms with Gasteiger partial charge in [0.25, 0.3) is 11.6 Å². The van der Waals surface area contributed by atoms with Crippen molar-refractivity contribution in [3.05, 3.63) is 57.6 Å². The Labute approximate surface area is 200 Å². The van der Waals surface area contributed by atoms with Crippen LogP contribution in [0.4, 0.5) is 13.2 Å². The van der Waals surface area contributed by atoms with Crippen molar-refractivity contribution in [2.45, 2.75) is 45.8 Å². The minimum absolute atomic E-state index is 0.0125. The van der Waals surface area contributed by atoms with Crippen LogP contribution in [-0.4, -0.2) is 61.5 Å². The molecular formula is C23H26ClF3N6O. The van der Waals surface area contributed by atoms with Crippen molar-refractivity contribution in [1.82, 2.24) is 29.4 Å². The molecule has 1 amide bonds. The zero-order valence-electron chi connectivity index (χ0n) is 19.2. The number of nitrogens with zero attached hydrogens (tertiary/aromatic N) is 6. The van der Waals surface area contributed by atoms with Gasteiger partial charge in [0.2, 0.25) is 5.91 Å². The van der Waals surface area contributed by atoms with Gasteiger partial charge in [-0.15, -0.1) is 5.10 Å². The number of hydrogen-bond donors (Lipinski definition) is 0. The van der Waals surface area contributed by atoms with Crippen LogP contribution >= 0.6 is 11.6 Å². The molecular weight excluding hydrogens is 469 g/mol. The van der Waals surface area contributed by atoms with E-state index in [1.165, 1.54) is 0 Å². The van der Waals surface area contributed by atoms with Gasteiger partial charge in [0, 0.05) is 55.1 Å². The highest BCUT2D eigenvalue weighted by molar-refractivity contribution is 6.31. The number of carbonyl (C=O) groups excluding carboxylic acids is 1. The Morgan fingerprint density at radius 1 is 1.12 bits per heavy atom. The summed E-state index contributed by atoms with van der Waals surface area (Å²) in [4.78, 5) is 24.7. The van der Waals surface area contributed by atoms with E-state index in [1.807, 2.05) is 29.2 Å². The van der Waals surface area contributed by atoms with Gasteiger partial charge in [-0.3, -0.25) is 9.69 Å². The first kappa shape index (κ1) is 24.4. The number of amides is 1. The van der Waals surface area contributed by atoms with E-state index < -0.39 is 12.0 Å². The molecule has 1 aliphatic rings. The van der Waals surface area contributed by atoms with Crippen LogP contribution in [0.25, 0.3) is 5.78 Å². The van der Waals surface area contributed by atoms with Crippen LogP contribution in [0.5, 0.6) is 0 Å². The van der Waals surface area contributed by atoms with Gasteiger partial charge in [0.1, 0.15) is 0 Å². The van der Waals surface area contributed by atoms with E-state index in [4.69, 9.17) is 11.6 Å². The van der Waals surface area contributed by atoms with Gasteiger partial charge in [0.15, 0.2) is 0 Å². The highest BCUT2D eigenvalue weighted by Gasteiger charge is 2.37. The topological polar surface area (TPSA) is 66.6 Å². The summed E-state index contributed by atoms with van der Waals surface area (Å²) in [6, 6.07) is 7.93. The van der Waals surface area contributed by atoms with Gasteiger partial charge in [-0.05, 0) is 44.4 Å². The predicted octanol–water partition coefficient (Wildman–Crippen LogP) is 4.25. The van der Waals surface area contributed by atoms with Crippen molar-refractivity contribution < 1.29 is 18.0 Å². The molecule has 3 aromatic rings. The Hall–Kier alpha value is -2.72. The second-order valence-electron chi connectivity index (χ2n) is 8.52. The number of fused-ring (bicyclic) bond motifs is 1. The van der Waals surface area contributed by atoms with Crippen molar-refractivity contribution in [3.63, 3.8) is 0 Å². The molecule has 34 heavy (non-hydrogen) atoms. The summed E-state index contributed by atoms with van der Waals surface area (Å²) in [5.74, 6) is -1.31. The molecule has 1 saturated heterocycles. The minimum atomic E-state index is -4.64. The summed E-state index contributed by atoms with van der Waals surface area (Å²) in [6.45, 7) is 8.20. The number of piperazine rings is 1. The molecule has 0 radical (unpaired) electrons. The monoisotopic (exact) mass is 494 g/mol. The molecule has 1 atom stereocenters. The van der Waals surface area contributed by atoms with E-state index in [9.17, 15) is 18.0 Å². The third-order valence-electron chi connectivity index (χ3n) is 6.46. The average Bonchev–Trinajstić information content (AvgIpc) is 3.23. The maximum Gasteiger partial charge on any atom is 0.453 e. The molecule has 182 valence electrons. The van der Waals surface area contributed by atoms with Crippen LogP contribution in [-0.2, 0) is 17.4 Å². The predicted molar refractivity (Wildman–Crippen MR) is 122 cm³/mol. The van der Waals surface area contributed by atoms with Gasteiger partial charge in [0.05, 0.1) is 0 Å². The SMILES string of the molecule is Cc1nc2nc(C(F)(F)F)nn2c(C)c1CCC(=O)N1CCN(C(C)c2ccccc2Cl)CC1. The van der Waals surface area contributed by atoms with E-state index in [2.05, 4.69) is 26.9 Å². The average molecular weight is 495 g/mol. The maximum absolute atomic E-state index is 13.0. The molecule has 1 aliphatic heterocycles. The van der Waals surface area contributed by atoms with Gasteiger partial charge >= 0.3 is 6.18 Å². The van der Waals surface area contributed by atoms with E-state index in [0.717, 1.165) is 28.2 Å². The summed E-state index contributed by atoms with van der Waals surface area (Å²) >= 11 is 6.34. The van der Waals surface area contributed by atoms with Crippen LogP contribution in [0.3, 0.4) is 0 Å². The van der Waals surface area contributed by atoms with Crippen LogP contribution in [0.1, 0.15) is 47.7 Å². The molecule has 0 bridgehead atoms. The first-order chi connectivity index (χ1) is 16.1. The van der Waals surface area contributed by atoms with Gasteiger partial charge < -0.3 is 4.90 Å². The van der Waals surface area contributed by atoms with Crippen molar-refractivity contribution in [2.75, 3.05) is 26.2 Å². The molecule has 4 rings (SSSR count). The van der Waals surface area contributed by atoms with E-state index in [-0.39, 0.29) is 24.1 Å². The lowest BCUT2D eigenvalue weighted by Crippen LogP contribution is -2.49. The zero-order valence-corrected chi connectivity index (χ0v) is 20.0. The normalized spacial score (nSPS) is 16.3. The Morgan fingerprint density at radius 3 is 2.44 bits per heavy atom. The molecule has 7 nitrogen and oxygen atoms in total. The number of aryl methyl sites for hydroxylation is 2. The molecule has 0 spiro atoms. The summed E-state index contributed by atoms with van der Waals surface area (Å²) < 4.78 is 40.1. The van der Waals surface area contributed by atoms with Crippen LogP contribution in [0, 0.1) is 13.8 Å². The Bertz CT molecular complexity index is 1200. The molecule has 0 aliphatic carbocycles. The summed E-state index contributed by atoms with van der Waals surface area (Å²) in [5.41, 5.74) is 2.85. The molecule has 1 fully saturated rings. The van der Waals surface area contributed by atoms with E-state index in [0.29, 0.717) is 36.5 Å². The van der Waals surface area contributed by atoms with Crippen LogP contribution < -0.4 is 0 Å². The van der Waals surface area contributed by atoms with Crippen LogP contribution in [0.15, 0.2) is 24.3 Å². The van der Waals surface area contributed by atoms with E-state index in [1.54, 1.807) is 13.8 Å². The van der Waals surface area contributed by atoms with Crippen molar-refractivity contribution in [2.24, 2.45) is 0 Å². The molecule has 3 heterocycles. The number of halogens is 4. The van der Waals surface area contributed by atoms with Gasteiger partial charge in [-0.2, -0.15) is 18.2 Å². The smallest absolute Gasteiger partial charge is 0.340 e. The first-order valence-corrected chi connectivity index (χ1v) is 11.5. The number of carbonyl (C=O) groups is 1. The summed E-state index contributed by atoms with van der Waals surface area (Å²) in [7, 11) is 0. The molecule has 2 aromatic heterocycles. The van der Waals surface area contributed by atoms with Gasteiger partial charge in [-0.1, -0.05) is 29.8 Å². The number of alkyl halides is 3. The Morgan fingerprint density at radius 2 is 1.79 bits per heavy atom. The maximum atomic E-state index is 13.0. The van der Waals surface area contributed by atoms with Gasteiger partial charge in [-0.25, -0.2) is 9.50 Å². The summed E-state index contributed by atoms with van der Waals surface area (Å²) in [6.07, 6.45) is -4.03. The van der Waals surface area contributed by atoms with Crippen LogP contribution in [0.2, 0.25) is 5.02 Å². The molecule has 1 unspecified atom stereocenters. The zero-order chi connectivity index (χ0) is 24.6. The lowest BCUT2D eigenvalue weighted by molar-refractivity contribution is -0.144. The Balaban J connectivity index is 1.38. The third-order valence-corrected chi connectivity index (χ3v) is 6.81.